The standard InChI is InChI=1S/C24H25N3O3S/c1-15-7-9-19(10-8-15)27-18(4)23(29)26(24(27)30)14-22(28)21-12-16(2)25(17(21)3)13-20-6-5-11-31-20/h5-12,18H,13-14H2,1-4H3/t18-/m0/s1. The Bertz CT molecular complexity index is 1150. The lowest BCUT2D eigenvalue weighted by atomic mass is 10.1. The van der Waals surface area contributed by atoms with E-state index in [1.165, 1.54) is 9.78 Å². The first-order valence-electron chi connectivity index (χ1n) is 10.2. The lowest BCUT2D eigenvalue weighted by Crippen LogP contribution is -2.37. The molecule has 0 radical (unpaired) electrons. The molecule has 6 nitrogen and oxygen atoms in total. The van der Waals surface area contributed by atoms with E-state index in [0.29, 0.717) is 17.8 Å². The molecule has 7 heteroatoms. The van der Waals surface area contributed by atoms with Crippen LogP contribution in [0.25, 0.3) is 0 Å². The maximum atomic E-state index is 13.1. The number of ketones is 1. The molecule has 4 rings (SSSR count). The topological polar surface area (TPSA) is 62.6 Å². The first-order valence-corrected chi connectivity index (χ1v) is 11.1. The fraction of sp³-hybridized carbons (Fsp3) is 0.292. The lowest BCUT2D eigenvalue weighted by Gasteiger charge is -2.19. The molecule has 0 bridgehead atoms. The molecule has 1 fully saturated rings. The molecular weight excluding hydrogens is 410 g/mol. The summed E-state index contributed by atoms with van der Waals surface area (Å²) in [7, 11) is 0. The highest BCUT2D eigenvalue weighted by molar-refractivity contribution is 7.09. The molecule has 3 aromatic rings. The minimum Gasteiger partial charge on any atom is -0.343 e. The number of thiophene rings is 1. The number of aryl methyl sites for hydroxylation is 2. The summed E-state index contributed by atoms with van der Waals surface area (Å²) < 4.78 is 2.09. The van der Waals surface area contributed by atoms with E-state index in [4.69, 9.17) is 0 Å². The predicted octanol–water partition coefficient (Wildman–Crippen LogP) is 4.56. The van der Waals surface area contributed by atoms with Crippen molar-refractivity contribution in [3.05, 3.63) is 75.2 Å². The number of amides is 3. The molecule has 1 aliphatic heterocycles. The highest BCUT2D eigenvalue weighted by atomic mass is 32.1. The number of urea groups is 1. The van der Waals surface area contributed by atoms with Crippen molar-refractivity contribution in [1.29, 1.82) is 0 Å². The summed E-state index contributed by atoms with van der Waals surface area (Å²) in [6.45, 7) is 7.96. The normalized spacial score (nSPS) is 16.5. The van der Waals surface area contributed by atoms with Gasteiger partial charge in [0.15, 0.2) is 5.78 Å². The van der Waals surface area contributed by atoms with E-state index in [9.17, 15) is 14.4 Å². The summed E-state index contributed by atoms with van der Waals surface area (Å²) in [4.78, 5) is 42.7. The number of benzene rings is 1. The summed E-state index contributed by atoms with van der Waals surface area (Å²) in [6.07, 6.45) is 0. The van der Waals surface area contributed by atoms with Crippen molar-refractivity contribution in [3.63, 3.8) is 0 Å². The van der Waals surface area contributed by atoms with Crippen LogP contribution >= 0.6 is 11.3 Å². The van der Waals surface area contributed by atoms with Crippen LogP contribution in [0.4, 0.5) is 10.5 Å². The predicted molar refractivity (Wildman–Crippen MR) is 122 cm³/mol. The molecular formula is C24H25N3O3S. The fourth-order valence-corrected chi connectivity index (χ4v) is 4.72. The van der Waals surface area contributed by atoms with E-state index in [1.807, 2.05) is 62.5 Å². The molecule has 3 amide bonds. The van der Waals surface area contributed by atoms with Gasteiger partial charge in [0.05, 0.1) is 13.1 Å². The molecule has 0 aliphatic carbocycles. The highest BCUT2D eigenvalue weighted by Gasteiger charge is 2.44. The van der Waals surface area contributed by atoms with Gasteiger partial charge in [0.25, 0.3) is 5.91 Å². The number of rotatable bonds is 6. The van der Waals surface area contributed by atoms with Crippen LogP contribution in [0, 0.1) is 20.8 Å². The van der Waals surface area contributed by atoms with Gasteiger partial charge in [0, 0.05) is 27.5 Å². The monoisotopic (exact) mass is 435 g/mol. The maximum absolute atomic E-state index is 13.1. The Morgan fingerprint density at radius 1 is 1.06 bits per heavy atom. The Morgan fingerprint density at radius 3 is 2.42 bits per heavy atom. The average Bonchev–Trinajstić information content (AvgIpc) is 3.41. The van der Waals surface area contributed by atoms with Crippen molar-refractivity contribution in [2.75, 3.05) is 11.4 Å². The molecule has 3 heterocycles. The van der Waals surface area contributed by atoms with E-state index in [-0.39, 0.29) is 18.2 Å². The van der Waals surface area contributed by atoms with Crippen molar-refractivity contribution in [2.24, 2.45) is 0 Å². The van der Waals surface area contributed by atoms with Crippen LogP contribution in [0.5, 0.6) is 0 Å². The molecule has 1 saturated heterocycles. The van der Waals surface area contributed by atoms with Gasteiger partial charge in [-0.25, -0.2) is 4.79 Å². The van der Waals surface area contributed by atoms with E-state index in [0.717, 1.165) is 21.9 Å². The van der Waals surface area contributed by atoms with E-state index in [2.05, 4.69) is 10.6 Å². The third-order valence-corrected chi connectivity index (χ3v) is 6.69. The van der Waals surface area contributed by atoms with Gasteiger partial charge in [-0.1, -0.05) is 23.8 Å². The molecule has 1 aromatic carbocycles. The Balaban J connectivity index is 1.55. The zero-order chi connectivity index (χ0) is 22.3. The Hall–Kier alpha value is -3.19. The number of aromatic nitrogens is 1. The minimum atomic E-state index is -0.644. The number of imide groups is 1. The van der Waals surface area contributed by atoms with Gasteiger partial charge in [0.2, 0.25) is 0 Å². The van der Waals surface area contributed by atoms with Crippen LogP contribution in [0.15, 0.2) is 47.8 Å². The molecule has 0 N–H and O–H groups in total. The van der Waals surface area contributed by atoms with Crippen molar-refractivity contribution >= 4 is 34.7 Å². The van der Waals surface area contributed by atoms with Crippen LogP contribution in [0.3, 0.4) is 0 Å². The van der Waals surface area contributed by atoms with Gasteiger partial charge in [-0.05, 0) is 57.3 Å². The summed E-state index contributed by atoms with van der Waals surface area (Å²) in [5, 5.41) is 2.03. The largest absolute Gasteiger partial charge is 0.343 e. The van der Waals surface area contributed by atoms with E-state index >= 15 is 0 Å². The van der Waals surface area contributed by atoms with Gasteiger partial charge in [0.1, 0.15) is 6.04 Å². The third kappa shape index (κ3) is 3.81. The second-order valence-electron chi connectivity index (χ2n) is 7.96. The number of carbonyl (C=O) groups is 3. The van der Waals surface area contributed by atoms with Crippen LogP contribution in [0.1, 0.15) is 39.1 Å². The number of hydrogen-bond acceptors (Lipinski definition) is 4. The van der Waals surface area contributed by atoms with Crippen LogP contribution < -0.4 is 4.90 Å². The number of nitrogens with zero attached hydrogens (tertiary/aromatic N) is 3. The molecule has 1 atom stereocenters. The van der Waals surface area contributed by atoms with E-state index in [1.54, 1.807) is 18.3 Å². The van der Waals surface area contributed by atoms with Crippen LogP contribution in [-0.2, 0) is 11.3 Å². The number of carbonyl (C=O) groups excluding carboxylic acids is 3. The molecule has 0 unspecified atom stereocenters. The van der Waals surface area contributed by atoms with Crippen molar-refractivity contribution in [2.45, 2.75) is 40.3 Å². The van der Waals surface area contributed by atoms with Gasteiger partial charge in [-0.15, -0.1) is 11.3 Å². The minimum absolute atomic E-state index is 0.231. The smallest absolute Gasteiger partial charge is 0.332 e. The van der Waals surface area contributed by atoms with Gasteiger partial charge >= 0.3 is 6.03 Å². The molecule has 0 saturated carbocycles. The summed E-state index contributed by atoms with van der Waals surface area (Å²) in [6, 6.07) is 12.3. The number of hydrogen-bond donors (Lipinski definition) is 0. The Morgan fingerprint density at radius 2 is 1.77 bits per heavy atom. The van der Waals surface area contributed by atoms with Crippen molar-refractivity contribution in [3.8, 4) is 0 Å². The first kappa shape index (κ1) is 21.1. The zero-order valence-corrected chi connectivity index (χ0v) is 18.9. The molecule has 0 spiro atoms. The molecule has 31 heavy (non-hydrogen) atoms. The van der Waals surface area contributed by atoms with Crippen molar-refractivity contribution in [1.82, 2.24) is 9.47 Å². The Kier molecular flexibility index (Phi) is 5.54. The second-order valence-corrected chi connectivity index (χ2v) is 8.99. The number of anilines is 1. The van der Waals surface area contributed by atoms with Gasteiger partial charge in [-0.3, -0.25) is 19.4 Å². The molecule has 160 valence electrons. The summed E-state index contributed by atoms with van der Waals surface area (Å²) in [5.74, 6) is -0.587. The molecule has 1 aliphatic rings. The van der Waals surface area contributed by atoms with Crippen LogP contribution in [0.2, 0.25) is 0 Å². The maximum Gasteiger partial charge on any atom is 0.332 e. The second kappa shape index (κ2) is 8.15. The first-order chi connectivity index (χ1) is 14.8. The van der Waals surface area contributed by atoms with Gasteiger partial charge < -0.3 is 4.57 Å². The van der Waals surface area contributed by atoms with Crippen molar-refractivity contribution < 1.29 is 14.4 Å². The average molecular weight is 436 g/mol. The highest BCUT2D eigenvalue weighted by Crippen LogP contribution is 2.27. The number of Topliss-reactive ketones (excluding diaryl/α,β-unsaturated/α-hetero) is 1. The Labute approximate surface area is 185 Å². The zero-order valence-electron chi connectivity index (χ0n) is 18.1. The molecule has 2 aromatic heterocycles. The quantitative estimate of drug-likeness (QED) is 0.421. The fourth-order valence-electron chi connectivity index (χ4n) is 4.02. The van der Waals surface area contributed by atoms with Crippen LogP contribution in [-0.4, -0.2) is 39.8 Å². The third-order valence-electron chi connectivity index (χ3n) is 5.83. The summed E-state index contributed by atoms with van der Waals surface area (Å²) in [5.41, 5.74) is 4.09. The van der Waals surface area contributed by atoms with E-state index < -0.39 is 12.1 Å². The van der Waals surface area contributed by atoms with Gasteiger partial charge in [-0.2, -0.15) is 0 Å². The summed E-state index contributed by atoms with van der Waals surface area (Å²) >= 11 is 1.67. The lowest BCUT2D eigenvalue weighted by molar-refractivity contribution is -0.126. The SMILES string of the molecule is Cc1ccc(N2C(=O)N(CC(=O)c3cc(C)n(Cc4cccs4)c3C)C(=O)[C@@H]2C)cc1.